The molecule has 1 aliphatic heterocycles. The zero-order valence-electron chi connectivity index (χ0n) is 15.4. The molecule has 7 nitrogen and oxygen atoms in total. The molecule has 1 fully saturated rings. The number of carbonyl (C=O) groups excluding carboxylic acids is 1. The highest BCUT2D eigenvalue weighted by Gasteiger charge is 2.41. The van der Waals surface area contributed by atoms with E-state index >= 15 is 0 Å². The monoisotopic (exact) mass is 359 g/mol. The molecule has 140 valence electrons. The summed E-state index contributed by atoms with van der Waals surface area (Å²) in [6, 6.07) is 8.94. The third-order valence-corrected chi connectivity index (χ3v) is 4.92. The molecule has 2 atom stereocenters. The van der Waals surface area contributed by atoms with Crippen molar-refractivity contribution in [1.82, 2.24) is 10.1 Å². The number of nitrogens with zero attached hydrogens (tertiary/aromatic N) is 2. The van der Waals surface area contributed by atoms with Gasteiger partial charge in [0.05, 0.1) is 19.3 Å². The van der Waals surface area contributed by atoms with Gasteiger partial charge in [0.1, 0.15) is 11.4 Å². The number of aliphatic hydroxyl groups is 1. The number of rotatable bonds is 6. The summed E-state index contributed by atoms with van der Waals surface area (Å²) in [7, 11) is 1.61. The number of ether oxygens (including phenoxy) is 1. The number of nitrogens with one attached hydrogen (secondary N) is 1. The van der Waals surface area contributed by atoms with Crippen molar-refractivity contribution in [3.8, 4) is 5.75 Å². The number of methoxy groups -OCH3 is 1. The van der Waals surface area contributed by atoms with Crippen LogP contribution in [0, 0.1) is 6.92 Å². The van der Waals surface area contributed by atoms with Crippen LogP contribution in [0.25, 0.3) is 0 Å². The molecule has 0 radical (unpaired) electrons. The van der Waals surface area contributed by atoms with Crippen LogP contribution < -0.4 is 10.1 Å². The first-order valence-corrected chi connectivity index (χ1v) is 8.74. The van der Waals surface area contributed by atoms with E-state index in [0.717, 1.165) is 30.7 Å². The van der Waals surface area contributed by atoms with Crippen LogP contribution in [0.4, 0.5) is 5.88 Å². The number of amides is 1. The lowest BCUT2D eigenvalue weighted by Gasteiger charge is -2.36. The Labute approximate surface area is 152 Å². The van der Waals surface area contributed by atoms with Gasteiger partial charge in [-0.2, -0.15) is 0 Å². The minimum absolute atomic E-state index is 0.141. The molecule has 1 amide bonds. The van der Waals surface area contributed by atoms with E-state index in [1.54, 1.807) is 27.0 Å². The average Bonchev–Trinajstić information content (AvgIpc) is 3.24. The second-order valence-electron chi connectivity index (χ2n) is 6.89. The predicted molar refractivity (Wildman–Crippen MR) is 97.0 cm³/mol. The molecule has 2 aromatic rings. The normalized spacial score (nSPS) is 19.9. The third-order valence-electron chi connectivity index (χ3n) is 4.92. The average molecular weight is 359 g/mol. The van der Waals surface area contributed by atoms with Gasteiger partial charge in [-0.25, -0.2) is 0 Å². The van der Waals surface area contributed by atoms with Gasteiger partial charge in [0.25, 0.3) is 0 Å². The van der Waals surface area contributed by atoms with Gasteiger partial charge in [-0.1, -0.05) is 17.3 Å². The van der Waals surface area contributed by atoms with Gasteiger partial charge < -0.3 is 14.4 Å². The number of aromatic nitrogens is 1. The molecule has 0 aliphatic carbocycles. The second kappa shape index (κ2) is 7.47. The Bertz CT molecular complexity index is 754. The summed E-state index contributed by atoms with van der Waals surface area (Å²) in [5, 5.41) is 17.6. The number of likely N-dealkylation sites (tertiary alicyclic amines) is 1. The van der Waals surface area contributed by atoms with Crippen LogP contribution in [0.15, 0.2) is 34.9 Å². The fourth-order valence-electron chi connectivity index (χ4n) is 3.56. The van der Waals surface area contributed by atoms with Crippen molar-refractivity contribution in [1.29, 1.82) is 0 Å². The molecule has 2 heterocycles. The second-order valence-corrected chi connectivity index (χ2v) is 6.89. The van der Waals surface area contributed by atoms with Gasteiger partial charge in [0.2, 0.25) is 11.8 Å². The molecule has 0 saturated carbocycles. The van der Waals surface area contributed by atoms with Gasteiger partial charge in [-0.15, -0.1) is 0 Å². The number of benzene rings is 1. The predicted octanol–water partition coefficient (Wildman–Crippen LogP) is 2.30. The standard InChI is InChI=1S/C19H25N3O4/c1-13-11-18(26-21-13)20-17(23)12-22-10-4-5-16(22)19(2,24)14-6-8-15(25-3)9-7-14/h6-9,11,16,24H,4-5,10,12H2,1-3H3,(H,20,23)/t16-,19+/m0/s1. The molecule has 2 N–H and O–H groups in total. The molecule has 0 unspecified atom stereocenters. The highest BCUT2D eigenvalue weighted by Crippen LogP contribution is 2.35. The van der Waals surface area contributed by atoms with Crippen LogP contribution in [0.3, 0.4) is 0 Å². The number of aryl methyl sites for hydroxylation is 1. The van der Waals surface area contributed by atoms with Crippen molar-refractivity contribution in [2.24, 2.45) is 0 Å². The van der Waals surface area contributed by atoms with Crippen molar-refractivity contribution in [3.05, 3.63) is 41.6 Å². The van der Waals surface area contributed by atoms with Crippen molar-refractivity contribution >= 4 is 11.8 Å². The minimum atomic E-state index is -1.06. The van der Waals surface area contributed by atoms with Gasteiger partial charge >= 0.3 is 0 Å². The zero-order chi connectivity index (χ0) is 18.7. The van der Waals surface area contributed by atoms with Crippen molar-refractivity contribution in [2.75, 3.05) is 25.5 Å². The van der Waals surface area contributed by atoms with Gasteiger partial charge in [0, 0.05) is 12.1 Å². The summed E-state index contributed by atoms with van der Waals surface area (Å²) in [5.74, 6) is 0.901. The Hall–Kier alpha value is -2.38. The van der Waals surface area contributed by atoms with Crippen molar-refractivity contribution in [2.45, 2.75) is 38.3 Å². The van der Waals surface area contributed by atoms with Crippen molar-refractivity contribution < 1.29 is 19.2 Å². The van der Waals surface area contributed by atoms with E-state index in [1.165, 1.54) is 0 Å². The smallest absolute Gasteiger partial charge is 0.240 e. The Balaban J connectivity index is 1.68. The van der Waals surface area contributed by atoms with E-state index < -0.39 is 5.60 Å². The number of hydrogen-bond donors (Lipinski definition) is 2. The van der Waals surface area contributed by atoms with Crippen LogP contribution in [0.5, 0.6) is 5.75 Å². The van der Waals surface area contributed by atoms with Crippen LogP contribution >= 0.6 is 0 Å². The van der Waals surface area contributed by atoms with Gasteiger partial charge in [-0.05, 0) is 50.9 Å². The maximum absolute atomic E-state index is 12.3. The quantitative estimate of drug-likeness (QED) is 0.823. The Morgan fingerprint density at radius 3 is 2.81 bits per heavy atom. The Morgan fingerprint density at radius 2 is 2.19 bits per heavy atom. The van der Waals surface area contributed by atoms with E-state index in [2.05, 4.69) is 10.5 Å². The summed E-state index contributed by atoms with van der Waals surface area (Å²) in [6.45, 7) is 4.55. The molecule has 3 rings (SSSR count). The summed E-state index contributed by atoms with van der Waals surface area (Å²) in [6.07, 6.45) is 1.76. The highest BCUT2D eigenvalue weighted by atomic mass is 16.5. The third kappa shape index (κ3) is 3.89. The first-order chi connectivity index (χ1) is 12.4. The van der Waals surface area contributed by atoms with Gasteiger partial charge in [0.15, 0.2) is 0 Å². The first kappa shape index (κ1) is 18.4. The van der Waals surface area contributed by atoms with Crippen LogP contribution in [-0.2, 0) is 10.4 Å². The largest absolute Gasteiger partial charge is 0.497 e. The van der Waals surface area contributed by atoms with Gasteiger partial charge in [-0.3, -0.25) is 15.0 Å². The Kier molecular flexibility index (Phi) is 5.29. The lowest BCUT2D eigenvalue weighted by Crippen LogP contribution is -2.48. The summed E-state index contributed by atoms with van der Waals surface area (Å²) < 4.78 is 10.2. The van der Waals surface area contributed by atoms with Crippen LogP contribution in [0.2, 0.25) is 0 Å². The first-order valence-electron chi connectivity index (χ1n) is 8.74. The molecule has 1 aliphatic rings. The topological polar surface area (TPSA) is 87.8 Å². The zero-order valence-corrected chi connectivity index (χ0v) is 15.4. The highest BCUT2D eigenvalue weighted by molar-refractivity contribution is 5.91. The maximum atomic E-state index is 12.3. The summed E-state index contributed by atoms with van der Waals surface area (Å²) in [4.78, 5) is 14.3. The molecule has 7 heteroatoms. The fourth-order valence-corrected chi connectivity index (χ4v) is 3.56. The number of anilines is 1. The summed E-state index contributed by atoms with van der Waals surface area (Å²) in [5.41, 5.74) is 0.453. The Morgan fingerprint density at radius 1 is 1.46 bits per heavy atom. The van der Waals surface area contributed by atoms with E-state index in [4.69, 9.17) is 9.26 Å². The maximum Gasteiger partial charge on any atom is 0.240 e. The molecule has 1 aromatic heterocycles. The SMILES string of the molecule is COc1ccc([C@@](C)(O)[C@@H]2CCCN2CC(=O)Nc2cc(C)no2)cc1. The number of carbonyl (C=O) groups is 1. The molecule has 26 heavy (non-hydrogen) atoms. The summed E-state index contributed by atoms with van der Waals surface area (Å²) >= 11 is 0. The van der Waals surface area contributed by atoms with Crippen LogP contribution in [0.1, 0.15) is 31.0 Å². The van der Waals surface area contributed by atoms with E-state index in [0.29, 0.717) is 11.6 Å². The number of hydrogen-bond acceptors (Lipinski definition) is 6. The molecular formula is C19H25N3O4. The van der Waals surface area contributed by atoms with Crippen molar-refractivity contribution in [3.63, 3.8) is 0 Å². The van der Waals surface area contributed by atoms with Crippen LogP contribution in [-0.4, -0.2) is 47.3 Å². The molecule has 0 spiro atoms. The lowest BCUT2D eigenvalue weighted by atomic mass is 9.86. The van der Waals surface area contributed by atoms with E-state index in [9.17, 15) is 9.90 Å². The minimum Gasteiger partial charge on any atom is -0.497 e. The molecular weight excluding hydrogens is 334 g/mol. The molecule has 1 aromatic carbocycles. The van der Waals surface area contributed by atoms with E-state index in [-0.39, 0.29) is 18.5 Å². The van der Waals surface area contributed by atoms with E-state index in [1.807, 2.05) is 29.2 Å². The molecule has 1 saturated heterocycles. The molecule has 0 bridgehead atoms. The fraction of sp³-hybridized carbons (Fsp3) is 0.474. The lowest BCUT2D eigenvalue weighted by molar-refractivity contribution is -0.119.